The summed E-state index contributed by atoms with van der Waals surface area (Å²) in [6.07, 6.45) is 1.62. The van der Waals surface area contributed by atoms with Gasteiger partial charge in [0.25, 0.3) is 0 Å². The molecule has 0 aromatic rings. The number of amides is 1. The van der Waals surface area contributed by atoms with E-state index in [1.54, 1.807) is 20.8 Å². The van der Waals surface area contributed by atoms with E-state index in [-0.39, 0.29) is 29.7 Å². The molecule has 0 aliphatic heterocycles. The molecule has 7 nitrogen and oxygen atoms in total. The summed E-state index contributed by atoms with van der Waals surface area (Å²) >= 11 is 0. The van der Waals surface area contributed by atoms with Crippen molar-refractivity contribution < 1.29 is 29.1 Å². The highest BCUT2D eigenvalue weighted by atomic mass is 16.8. The molecule has 1 unspecified atom stereocenters. The molecule has 1 amide bonds. The first-order chi connectivity index (χ1) is 12.8. The zero-order chi connectivity index (χ0) is 21.3. The Kier molecular flexibility index (Phi) is 6.66. The average molecular weight is 397 g/mol. The average Bonchev–Trinajstić information content (AvgIpc) is 3.09. The van der Waals surface area contributed by atoms with E-state index >= 15 is 0 Å². The number of hydrogen-bond donors (Lipinski definition) is 0. The molecule has 2 bridgehead atoms. The molecule has 160 valence electrons. The summed E-state index contributed by atoms with van der Waals surface area (Å²) in [7, 11) is 0. The zero-order valence-electron chi connectivity index (χ0n) is 17.9. The maximum Gasteiger partial charge on any atom is 0.533 e. The van der Waals surface area contributed by atoms with Gasteiger partial charge in [-0.2, -0.15) is 5.06 Å². The third kappa shape index (κ3) is 5.61. The van der Waals surface area contributed by atoms with Crippen LogP contribution >= 0.6 is 0 Å². The second-order valence-corrected chi connectivity index (χ2v) is 10.2. The van der Waals surface area contributed by atoms with E-state index in [1.807, 2.05) is 0 Å². The molecule has 0 saturated heterocycles. The Hall–Kier alpha value is -1.79. The minimum atomic E-state index is -1.59. The SMILES string of the molecule is CC(C)(C)OC(=O)ON(CCCC([C@H]1C(=O)[C@H]2CC[C@@H]1C2)C(C)(C)C)C(=O)[O-]. The lowest BCUT2D eigenvalue weighted by atomic mass is 9.65. The summed E-state index contributed by atoms with van der Waals surface area (Å²) in [5.41, 5.74) is -0.850. The number of Topliss-reactive ketones (excluding diaryl/α,β-unsaturated/α-hetero) is 1. The summed E-state index contributed by atoms with van der Waals surface area (Å²) in [4.78, 5) is 40.6. The number of hydroxylamine groups is 2. The maximum absolute atomic E-state index is 12.7. The van der Waals surface area contributed by atoms with E-state index in [9.17, 15) is 19.5 Å². The Bertz CT molecular complexity index is 603. The van der Waals surface area contributed by atoms with E-state index in [0.29, 0.717) is 29.6 Å². The first kappa shape index (κ1) is 22.5. The van der Waals surface area contributed by atoms with Crippen molar-refractivity contribution in [2.24, 2.45) is 29.1 Å². The van der Waals surface area contributed by atoms with Crippen molar-refractivity contribution in [1.29, 1.82) is 0 Å². The lowest BCUT2D eigenvalue weighted by Gasteiger charge is -2.39. The maximum atomic E-state index is 12.7. The van der Waals surface area contributed by atoms with Crippen LogP contribution in [0.2, 0.25) is 0 Å². The number of hydrogen-bond acceptors (Lipinski definition) is 6. The highest BCUT2D eigenvalue weighted by Crippen LogP contribution is 2.53. The van der Waals surface area contributed by atoms with E-state index in [2.05, 4.69) is 20.8 Å². The monoisotopic (exact) mass is 396 g/mol. The van der Waals surface area contributed by atoms with Gasteiger partial charge in [-0.1, -0.05) is 20.8 Å². The first-order valence-electron chi connectivity index (χ1n) is 10.2. The van der Waals surface area contributed by atoms with Gasteiger partial charge in [0, 0.05) is 11.8 Å². The molecule has 0 N–H and O–H groups in total. The quantitative estimate of drug-likeness (QED) is 0.521. The van der Waals surface area contributed by atoms with Crippen LogP contribution < -0.4 is 5.11 Å². The molecule has 2 saturated carbocycles. The molecule has 0 spiro atoms. The topological polar surface area (TPSA) is 96.0 Å². The Morgan fingerprint density at radius 1 is 1.18 bits per heavy atom. The highest BCUT2D eigenvalue weighted by Gasteiger charge is 2.51. The predicted octanol–water partition coefficient (Wildman–Crippen LogP) is 3.56. The van der Waals surface area contributed by atoms with Crippen LogP contribution in [0.15, 0.2) is 0 Å². The van der Waals surface area contributed by atoms with Crippen LogP contribution in [-0.2, 0) is 14.4 Å². The van der Waals surface area contributed by atoms with Crippen molar-refractivity contribution in [3.05, 3.63) is 0 Å². The summed E-state index contributed by atoms with van der Waals surface area (Å²) in [5.74, 6) is 1.28. The molecular weight excluding hydrogens is 362 g/mol. The minimum absolute atomic E-state index is 0.0108. The van der Waals surface area contributed by atoms with Crippen molar-refractivity contribution in [3.8, 4) is 0 Å². The van der Waals surface area contributed by atoms with Crippen LogP contribution in [0.1, 0.15) is 73.6 Å². The number of ketones is 1. The normalized spacial score (nSPS) is 25.5. The third-order valence-corrected chi connectivity index (χ3v) is 5.91. The molecule has 0 radical (unpaired) electrons. The fraction of sp³-hybridized carbons (Fsp3) is 0.857. The first-order valence-corrected chi connectivity index (χ1v) is 10.2. The van der Waals surface area contributed by atoms with E-state index in [1.165, 1.54) is 0 Å². The predicted molar refractivity (Wildman–Crippen MR) is 101 cm³/mol. The van der Waals surface area contributed by atoms with Crippen LogP contribution in [0.3, 0.4) is 0 Å². The fourth-order valence-corrected chi connectivity index (χ4v) is 4.77. The lowest BCUT2D eigenvalue weighted by Crippen LogP contribution is -2.44. The van der Waals surface area contributed by atoms with Crippen molar-refractivity contribution in [2.45, 2.75) is 79.2 Å². The van der Waals surface area contributed by atoms with Gasteiger partial charge in [0.2, 0.25) is 0 Å². The van der Waals surface area contributed by atoms with Crippen molar-refractivity contribution in [2.75, 3.05) is 6.54 Å². The molecule has 0 heterocycles. The zero-order valence-corrected chi connectivity index (χ0v) is 17.9. The van der Waals surface area contributed by atoms with Gasteiger partial charge in [0.1, 0.15) is 11.4 Å². The molecule has 4 atom stereocenters. The van der Waals surface area contributed by atoms with Crippen LogP contribution in [0, 0.1) is 29.1 Å². The molecule has 0 aromatic carbocycles. The smallest absolute Gasteiger partial charge is 0.528 e. The Labute approximate surface area is 167 Å². The van der Waals surface area contributed by atoms with Crippen molar-refractivity contribution in [1.82, 2.24) is 5.06 Å². The van der Waals surface area contributed by atoms with E-state index < -0.39 is 17.8 Å². The van der Waals surface area contributed by atoms with Gasteiger partial charge in [-0.15, -0.1) is 0 Å². The second kappa shape index (κ2) is 8.29. The Morgan fingerprint density at radius 2 is 1.82 bits per heavy atom. The molecule has 2 aliphatic carbocycles. The lowest BCUT2D eigenvalue weighted by molar-refractivity contribution is -0.296. The summed E-state index contributed by atoms with van der Waals surface area (Å²) in [6, 6.07) is 0. The molecule has 2 rings (SSSR count). The fourth-order valence-electron chi connectivity index (χ4n) is 4.77. The number of carbonyl (C=O) groups is 3. The molecule has 2 aliphatic rings. The second-order valence-electron chi connectivity index (χ2n) is 10.2. The van der Waals surface area contributed by atoms with Gasteiger partial charge >= 0.3 is 6.16 Å². The van der Waals surface area contributed by atoms with Gasteiger partial charge in [-0.3, -0.25) is 4.79 Å². The Morgan fingerprint density at radius 3 is 2.29 bits per heavy atom. The molecule has 0 aromatic heterocycles. The minimum Gasteiger partial charge on any atom is -0.528 e. The van der Waals surface area contributed by atoms with E-state index in [0.717, 1.165) is 19.3 Å². The number of fused-ring (bicyclic) bond motifs is 2. The summed E-state index contributed by atoms with van der Waals surface area (Å²) < 4.78 is 4.99. The molecular formula is C21H34NO6-. The Balaban J connectivity index is 1.95. The summed E-state index contributed by atoms with van der Waals surface area (Å²) in [5, 5.41) is 11.8. The number of nitrogens with zero attached hydrogens (tertiary/aromatic N) is 1. The number of carbonyl (C=O) groups excluding carboxylic acids is 3. The van der Waals surface area contributed by atoms with Crippen LogP contribution in [-0.4, -0.2) is 35.2 Å². The third-order valence-electron chi connectivity index (χ3n) is 5.91. The van der Waals surface area contributed by atoms with Crippen LogP contribution in [0.4, 0.5) is 9.59 Å². The van der Waals surface area contributed by atoms with Gasteiger partial charge in [-0.05, 0) is 70.1 Å². The van der Waals surface area contributed by atoms with Crippen LogP contribution in [0.5, 0.6) is 0 Å². The molecule has 7 heteroatoms. The summed E-state index contributed by atoms with van der Waals surface area (Å²) in [6.45, 7) is 11.4. The van der Waals surface area contributed by atoms with Gasteiger partial charge < -0.3 is 19.5 Å². The highest BCUT2D eigenvalue weighted by molar-refractivity contribution is 5.87. The largest absolute Gasteiger partial charge is 0.533 e. The molecule has 28 heavy (non-hydrogen) atoms. The van der Waals surface area contributed by atoms with Gasteiger partial charge in [-0.25, -0.2) is 4.79 Å². The number of carboxylic acid groups (broad SMARTS) is 1. The van der Waals surface area contributed by atoms with Gasteiger partial charge in [0.15, 0.2) is 6.09 Å². The number of ether oxygens (including phenoxy) is 1. The standard InChI is InChI=1S/C21H35NO6/c1-20(2,3)15(16-13-9-10-14(12-13)17(16)23)8-7-11-22(18(24)25)28-19(26)27-21(4,5)6/h13-16H,7-12H2,1-6H3,(H,24,25)/p-1/t13-,14+,15?,16+/m1/s1. The number of rotatable bonds is 5. The van der Waals surface area contributed by atoms with E-state index in [4.69, 9.17) is 9.57 Å². The molecule has 2 fully saturated rings. The van der Waals surface area contributed by atoms with Crippen molar-refractivity contribution in [3.63, 3.8) is 0 Å². The van der Waals surface area contributed by atoms with Gasteiger partial charge in [0.05, 0.1) is 6.54 Å². The van der Waals surface area contributed by atoms with Crippen LogP contribution in [0.25, 0.3) is 0 Å². The van der Waals surface area contributed by atoms with Crippen molar-refractivity contribution >= 4 is 18.0 Å².